The van der Waals surface area contributed by atoms with Gasteiger partial charge in [0.05, 0.1) is 0 Å². The maximum Gasteiger partial charge on any atom is 0.244 e. The van der Waals surface area contributed by atoms with Crippen LogP contribution in [0.5, 0.6) is 0 Å². The molecule has 2 N–H and O–H groups in total. The molecule has 3 atom stereocenters. The minimum absolute atomic E-state index is 0.100. The predicted octanol–water partition coefficient (Wildman–Crippen LogP) is 1.70. The van der Waals surface area contributed by atoms with E-state index in [1.54, 1.807) is 0 Å². The molecule has 17 heavy (non-hydrogen) atoms. The molecular weight excluding hydrogens is 212 g/mol. The molecule has 1 aromatic rings. The van der Waals surface area contributed by atoms with E-state index in [0.717, 1.165) is 24.4 Å². The Morgan fingerprint density at radius 2 is 2.06 bits per heavy atom. The van der Waals surface area contributed by atoms with Gasteiger partial charge in [0.1, 0.15) is 6.04 Å². The zero-order valence-corrected chi connectivity index (χ0v) is 9.88. The molecule has 1 aliphatic heterocycles. The summed E-state index contributed by atoms with van der Waals surface area (Å²) in [4.78, 5) is 14.3. The van der Waals surface area contributed by atoms with E-state index in [0.29, 0.717) is 6.04 Å². The van der Waals surface area contributed by atoms with E-state index >= 15 is 0 Å². The number of nitrogens with zero attached hydrogens (tertiary/aromatic N) is 1. The summed E-state index contributed by atoms with van der Waals surface area (Å²) in [7, 11) is 0. The highest BCUT2D eigenvalue weighted by molar-refractivity contribution is 5.83. The molecule has 3 nitrogen and oxygen atoms in total. The topological polar surface area (TPSA) is 46.3 Å². The van der Waals surface area contributed by atoms with Gasteiger partial charge in [0.25, 0.3) is 0 Å². The molecular formula is C14H18N2O. The van der Waals surface area contributed by atoms with Crippen LogP contribution in [-0.4, -0.2) is 23.4 Å². The van der Waals surface area contributed by atoms with E-state index in [9.17, 15) is 4.79 Å². The summed E-state index contributed by atoms with van der Waals surface area (Å²) in [5, 5.41) is 0. The third-order valence-corrected chi connectivity index (χ3v) is 4.12. The van der Waals surface area contributed by atoms with Gasteiger partial charge in [-0.2, -0.15) is 0 Å². The zero-order valence-electron chi connectivity index (χ0n) is 9.88. The van der Waals surface area contributed by atoms with Crippen LogP contribution in [0.3, 0.4) is 0 Å². The number of fused-ring (bicyclic) bond motifs is 2. The van der Waals surface area contributed by atoms with E-state index in [1.807, 2.05) is 35.2 Å². The Morgan fingerprint density at radius 3 is 2.65 bits per heavy atom. The lowest BCUT2D eigenvalue weighted by molar-refractivity contribution is -0.134. The SMILES string of the molecule is N[C@@H](C(=O)N1CC2CCC1C2)c1ccccc1. The molecule has 1 amide bonds. The van der Waals surface area contributed by atoms with Gasteiger partial charge < -0.3 is 10.6 Å². The Hall–Kier alpha value is -1.35. The Bertz CT molecular complexity index is 417. The minimum Gasteiger partial charge on any atom is -0.338 e. The molecule has 1 heterocycles. The van der Waals surface area contributed by atoms with Crippen molar-refractivity contribution >= 4 is 5.91 Å². The second kappa shape index (κ2) is 4.15. The number of piperidine rings is 1. The Kier molecular flexibility index (Phi) is 2.63. The molecule has 2 aliphatic rings. The van der Waals surface area contributed by atoms with Crippen LogP contribution in [0.25, 0.3) is 0 Å². The zero-order chi connectivity index (χ0) is 11.8. The first-order valence-electron chi connectivity index (χ1n) is 6.36. The van der Waals surface area contributed by atoms with Crippen LogP contribution < -0.4 is 5.73 Å². The third-order valence-electron chi connectivity index (χ3n) is 4.12. The second-order valence-electron chi connectivity index (χ2n) is 5.21. The number of likely N-dealkylation sites (tertiary alicyclic amines) is 1. The molecule has 3 heteroatoms. The number of hydrogen-bond donors (Lipinski definition) is 1. The van der Waals surface area contributed by atoms with Crippen molar-refractivity contribution in [1.29, 1.82) is 0 Å². The van der Waals surface area contributed by atoms with Gasteiger partial charge in [0.15, 0.2) is 0 Å². The van der Waals surface area contributed by atoms with Crippen molar-refractivity contribution < 1.29 is 4.79 Å². The van der Waals surface area contributed by atoms with Crippen LogP contribution in [0.4, 0.5) is 0 Å². The maximum absolute atomic E-state index is 12.3. The van der Waals surface area contributed by atoms with Crippen molar-refractivity contribution in [1.82, 2.24) is 4.90 Å². The van der Waals surface area contributed by atoms with E-state index < -0.39 is 6.04 Å². The summed E-state index contributed by atoms with van der Waals surface area (Å²) >= 11 is 0. The van der Waals surface area contributed by atoms with Crippen molar-refractivity contribution in [3.05, 3.63) is 35.9 Å². The van der Waals surface area contributed by atoms with Crippen LogP contribution in [0.1, 0.15) is 30.9 Å². The summed E-state index contributed by atoms with van der Waals surface area (Å²) in [6.45, 7) is 0.921. The number of carbonyl (C=O) groups is 1. The fraction of sp³-hybridized carbons (Fsp3) is 0.500. The third kappa shape index (κ3) is 1.84. The van der Waals surface area contributed by atoms with Gasteiger partial charge in [-0.05, 0) is 30.7 Å². The average molecular weight is 230 g/mol. The van der Waals surface area contributed by atoms with E-state index in [-0.39, 0.29) is 5.91 Å². The molecule has 2 fully saturated rings. The molecule has 2 bridgehead atoms. The number of nitrogens with two attached hydrogens (primary N) is 1. The summed E-state index contributed by atoms with van der Waals surface area (Å²) < 4.78 is 0. The molecule has 1 aromatic carbocycles. The van der Waals surface area contributed by atoms with Gasteiger partial charge in [0, 0.05) is 12.6 Å². The highest BCUT2D eigenvalue weighted by atomic mass is 16.2. The Balaban J connectivity index is 1.74. The average Bonchev–Trinajstić information content (AvgIpc) is 3.00. The fourth-order valence-corrected chi connectivity index (χ4v) is 3.18. The van der Waals surface area contributed by atoms with E-state index in [2.05, 4.69) is 0 Å². The number of benzene rings is 1. The largest absolute Gasteiger partial charge is 0.338 e. The Labute approximate surface area is 102 Å². The van der Waals surface area contributed by atoms with Crippen molar-refractivity contribution in [3.63, 3.8) is 0 Å². The van der Waals surface area contributed by atoms with Crippen molar-refractivity contribution in [3.8, 4) is 0 Å². The molecule has 3 rings (SSSR count). The summed E-state index contributed by atoms with van der Waals surface area (Å²) in [5.41, 5.74) is 6.98. The highest BCUT2D eigenvalue weighted by Gasteiger charge is 2.41. The van der Waals surface area contributed by atoms with Gasteiger partial charge >= 0.3 is 0 Å². The first kappa shape index (κ1) is 10.8. The molecule has 1 saturated carbocycles. The van der Waals surface area contributed by atoms with Gasteiger partial charge in [-0.1, -0.05) is 30.3 Å². The lowest BCUT2D eigenvalue weighted by atomic mass is 10.0. The first-order valence-corrected chi connectivity index (χ1v) is 6.36. The summed E-state index contributed by atoms with van der Waals surface area (Å²) in [6, 6.07) is 9.63. The quantitative estimate of drug-likeness (QED) is 0.840. The minimum atomic E-state index is -0.490. The van der Waals surface area contributed by atoms with Crippen molar-refractivity contribution in [2.45, 2.75) is 31.3 Å². The molecule has 1 aliphatic carbocycles. The van der Waals surface area contributed by atoms with Gasteiger partial charge in [-0.3, -0.25) is 4.79 Å². The number of hydrogen-bond acceptors (Lipinski definition) is 2. The standard InChI is InChI=1S/C14H18N2O/c15-13(11-4-2-1-3-5-11)14(17)16-9-10-6-7-12(16)8-10/h1-5,10,12-13H,6-9,15H2/t10?,12?,13-/m1/s1. The van der Waals surface area contributed by atoms with Crippen molar-refractivity contribution in [2.75, 3.05) is 6.54 Å². The van der Waals surface area contributed by atoms with Gasteiger partial charge in [-0.25, -0.2) is 0 Å². The molecule has 90 valence electrons. The van der Waals surface area contributed by atoms with Gasteiger partial charge in [-0.15, -0.1) is 0 Å². The first-order chi connectivity index (χ1) is 8.25. The molecule has 0 aromatic heterocycles. The summed E-state index contributed by atoms with van der Waals surface area (Å²) in [5.74, 6) is 0.829. The smallest absolute Gasteiger partial charge is 0.244 e. The van der Waals surface area contributed by atoms with Crippen LogP contribution in [-0.2, 0) is 4.79 Å². The second-order valence-corrected chi connectivity index (χ2v) is 5.21. The van der Waals surface area contributed by atoms with Crippen molar-refractivity contribution in [2.24, 2.45) is 11.7 Å². The normalized spacial score (nSPS) is 28.4. The maximum atomic E-state index is 12.3. The van der Waals surface area contributed by atoms with Crippen LogP contribution in [0.2, 0.25) is 0 Å². The Morgan fingerprint density at radius 1 is 1.29 bits per heavy atom. The molecule has 1 saturated heterocycles. The predicted molar refractivity (Wildman–Crippen MR) is 66.2 cm³/mol. The fourth-order valence-electron chi connectivity index (χ4n) is 3.18. The molecule has 0 spiro atoms. The molecule has 0 radical (unpaired) electrons. The highest BCUT2D eigenvalue weighted by Crippen LogP contribution is 2.38. The molecule has 2 unspecified atom stereocenters. The lowest BCUT2D eigenvalue weighted by Gasteiger charge is -2.29. The van der Waals surface area contributed by atoms with Gasteiger partial charge in [0.2, 0.25) is 5.91 Å². The lowest BCUT2D eigenvalue weighted by Crippen LogP contribution is -2.43. The van der Waals surface area contributed by atoms with Crippen LogP contribution in [0.15, 0.2) is 30.3 Å². The van der Waals surface area contributed by atoms with Crippen LogP contribution in [0, 0.1) is 5.92 Å². The van der Waals surface area contributed by atoms with E-state index in [4.69, 9.17) is 5.73 Å². The monoisotopic (exact) mass is 230 g/mol. The number of rotatable bonds is 2. The summed E-state index contributed by atoms with van der Waals surface area (Å²) in [6.07, 6.45) is 3.64. The number of amides is 1. The van der Waals surface area contributed by atoms with E-state index in [1.165, 1.54) is 12.8 Å². The van der Waals surface area contributed by atoms with Crippen LogP contribution >= 0.6 is 0 Å². The number of carbonyl (C=O) groups excluding carboxylic acids is 1.